The van der Waals surface area contributed by atoms with E-state index >= 15 is 0 Å². The molecule has 0 spiro atoms. The summed E-state index contributed by atoms with van der Waals surface area (Å²) >= 11 is 1.67. The summed E-state index contributed by atoms with van der Waals surface area (Å²) in [6.07, 6.45) is 5.91. The van der Waals surface area contributed by atoms with E-state index in [0.29, 0.717) is 6.04 Å². The molecule has 1 aliphatic carbocycles. The molecule has 0 aromatic carbocycles. The first kappa shape index (κ1) is 14.3. The van der Waals surface area contributed by atoms with Crippen molar-refractivity contribution in [2.45, 2.75) is 37.9 Å². The van der Waals surface area contributed by atoms with Crippen LogP contribution in [-0.2, 0) is 11.8 Å². The number of thiophene rings is 1. The first-order chi connectivity index (χ1) is 10.1. The summed E-state index contributed by atoms with van der Waals surface area (Å²) in [6.45, 7) is 1.90. The van der Waals surface area contributed by atoms with Gasteiger partial charge < -0.3 is 9.88 Å². The van der Waals surface area contributed by atoms with Crippen LogP contribution in [0.25, 0.3) is 0 Å². The molecule has 1 saturated carbocycles. The number of rotatable bonds is 6. The van der Waals surface area contributed by atoms with Gasteiger partial charge in [0.2, 0.25) is 5.91 Å². The van der Waals surface area contributed by atoms with Crippen LogP contribution in [0.2, 0.25) is 0 Å². The van der Waals surface area contributed by atoms with Crippen molar-refractivity contribution in [3.8, 4) is 0 Å². The van der Waals surface area contributed by atoms with Crippen LogP contribution in [0, 0.1) is 0 Å². The maximum Gasteiger partial charge on any atom is 0.237 e. The minimum absolute atomic E-state index is 0.0632. The quantitative estimate of drug-likeness (QED) is 0.856. The van der Waals surface area contributed by atoms with Crippen molar-refractivity contribution >= 4 is 17.2 Å². The molecular formula is C15H20N4OS. The zero-order valence-corrected chi connectivity index (χ0v) is 13.1. The fraction of sp³-hybridized carbons (Fsp3) is 0.467. The number of aromatic nitrogens is 2. The third-order valence-electron chi connectivity index (χ3n) is 3.68. The molecule has 2 atom stereocenters. The largest absolute Gasteiger partial charge is 0.352 e. The molecule has 112 valence electrons. The average molecular weight is 304 g/mol. The van der Waals surface area contributed by atoms with Gasteiger partial charge in [-0.15, -0.1) is 11.3 Å². The summed E-state index contributed by atoms with van der Waals surface area (Å²) in [5.74, 6) is 0.983. The first-order valence-electron chi connectivity index (χ1n) is 7.22. The Morgan fingerprint density at radius 3 is 2.90 bits per heavy atom. The van der Waals surface area contributed by atoms with Crippen molar-refractivity contribution in [3.63, 3.8) is 0 Å². The molecule has 0 aliphatic heterocycles. The second kappa shape index (κ2) is 5.99. The van der Waals surface area contributed by atoms with Crippen molar-refractivity contribution in [1.29, 1.82) is 0 Å². The minimum Gasteiger partial charge on any atom is -0.352 e. The molecule has 5 nitrogen and oxygen atoms in total. The molecule has 21 heavy (non-hydrogen) atoms. The number of hydrogen-bond donors (Lipinski definition) is 2. The number of carbonyl (C=O) groups is 1. The highest BCUT2D eigenvalue weighted by molar-refractivity contribution is 7.10. The normalized spacial score (nSPS) is 17.4. The van der Waals surface area contributed by atoms with Crippen LogP contribution < -0.4 is 10.6 Å². The smallest absolute Gasteiger partial charge is 0.237 e. The predicted octanol–water partition coefficient (Wildman–Crippen LogP) is 1.83. The molecule has 2 N–H and O–H groups in total. The molecule has 1 amide bonds. The third kappa shape index (κ3) is 3.33. The second-order valence-corrected chi connectivity index (χ2v) is 6.50. The van der Waals surface area contributed by atoms with Crippen LogP contribution in [0.3, 0.4) is 0 Å². The number of nitrogens with zero attached hydrogens (tertiary/aromatic N) is 2. The molecule has 1 fully saturated rings. The van der Waals surface area contributed by atoms with Crippen molar-refractivity contribution in [2.24, 2.45) is 7.05 Å². The second-order valence-electron chi connectivity index (χ2n) is 5.52. The van der Waals surface area contributed by atoms with Gasteiger partial charge in [0.15, 0.2) is 0 Å². The van der Waals surface area contributed by atoms with E-state index in [9.17, 15) is 4.79 Å². The monoisotopic (exact) mass is 304 g/mol. The number of nitrogens with one attached hydrogen (secondary N) is 2. The summed E-state index contributed by atoms with van der Waals surface area (Å²) in [4.78, 5) is 17.8. The topological polar surface area (TPSA) is 59.0 Å². The summed E-state index contributed by atoms with van der Waals surface area (Å²) in [5.41, 5.74) is 0. The Balaban J connectivity index is 1.76. The highest BCUT2D eigenvalue weighted by Crippen LogP contribution is 2.25. The van der Waals surface area contributed by atoms with Gasteiger partial charge in [-0.25, -0.2) is 4.98 Å². The highest BCUT2D eigenvalue weighted by Gasteiger charge is 2.28. The van der Waals surface area contributed by atoms with E-state index in [0.717, 1.165) is 23.5 Å². The molecule has 0 saturated heterocycles. The van der Waals surface area contributed by atoms with E-state index in [1.807, 2.05) is 36.2 Å². The Bertz CT molecular complexity index is 603. The highest BCUT2D eigenvalue weighted by atomic mass is 32.1. The number of carbonyl (C=O) groups excluding carboxylic acids is 1. The summed E-state index contributed by atoms with van der Waals surface area (Å²) < 4.78 is 1.99. The molecular weight excluding hydrogens is 284 g/mol. The standard InChI is InChI=1S/C15H20N4OS/c1-10(15(20)18-11-5-6-11)17-13(12-4-3-9-21-12)14-16-7-8-19(14)2/h3-4,7-11,13,17H,5-6H2,1-2H3,(H,18,20). The lowest BCUT2D eigenvalue weighted by Gasteiger charge is -2.22. The number of amides is 1. The van der Waals surface area contributed by atoms with Crippen LogP contribution in [-0.4, -0.2) is 27.5 Å². The molecule has 1 aliphatic rings. The first-order valence-corrected chi connectivity index (χ1v) is 8.10. The number of imidazole rings is 1. The lowest BCUT2D eigenvalue weighted by Crippen LogP contribution is -2.45. The zero-order chi connectivity index (χ0) is 14.8. The van der Waals surface area contributed by atoms with E-state index in [1.54, 1.807) is 17.5 Å². The van der Waals surface area contributed by atoms with Gasteiger partial charge in [-0.2, -0.15) is 0 Å². The van der Waals surface area contributed by atoms with E-state index in [1.165, 1.54) is 0 Å². The summed E-state index contributed by atoms with van der Waals surface area (Å²) in [6, 6.07) is 4.16. The molecule has 0 bridgehead atoms. The molecule has 2 unspecified atom stereocenters. The Morgan fingerprint density at radius 2 is 2.33 bits per heavy atom. The van der Waals surface area contributed by atoms with Gasteiger partial charge in [0.1, 0.15) is 11.9 Å². The number of aryl methyl sites for hydroxylation is 1. The maximum absolute atomic E-state index is 12.2. The lowest BCUT2D eigenvalue weighted by atomic mass is 10.2. The Hall–Kier alpha value is -1.66. The fourth-order valence-electron chi connectivity index (χ4n) is 2.27. The average Bonchev–Trinajstić information content (AvgIpc) is 2.95. The van der Waals surface area contributed by atoms with Crippen LogP contribution in [0.4, 0.5) is 0 Å². The van der Waals surface area contributed by atoms with E-state index in [2.05, 4.69) is 21.7 Å². The summed E-state index contributed by atoms with van der Waals surface area (Å²) in [5, 5.41) is 8.49. The summed E-state index contributed by atoms with van der Waals surface area (Å²) in [7, 11) is 1.97. The zero-order valence-electron chi connectivity index (χ0n) is 12.2. The molecule has 2 aromatic rings. The molecule has 2 aromatic heterocycles. The van der Waals surface area contributed by atoms with Crippen molar-refractivity contribution < 1.29 is 4.79 Å². The van der Waals surface area contributed by atoms with Gasteiger partial charge >= 0.3 is 0 Å². The lowest BCUT2D eigenvalue weighted by molar-refractivity contribution is -0.123. The van der Waals surface area contributed by atoms with Crippen LogP contribution in [0.1, 0.15) is 36.5 Å². The van der Waals surface area contributed by atoms with Gasteiger partial charge in [-0.05, 0) is 31.2 Å². The van der Waals surface area contributed by atoms with E-state index in [-0.39, 0.29) is 18.0 Å². The van der Waals surface area contributed by atoms with Gasteiger partial charge in [0.25, 0.3) is 0 Å². The van der Waals surface area contributed by atoms with Gasteiger partial charge in [0.05, 0.1) is 6.04 Å². The van der Waals surface area contributed by atoms with Crippen molar-refractivity contribution in [1.82, 2.24) is 20.2 Å². The molecule has 0 radical (unpaired) electrons. The van der Waals surface area contributed by atoms with Crippen LogP contribution in [0.5, 0.6) is 0 Å². The maximum atomic E-state index is 12.2. The third-order valence-corrected chi connectivity index (χ3v) is 4.62. The fourth-order valence-corrected chi connectivity index (χ4v) is 3.06. The van der Waals surface area contributed by atoms with Crippen molar-refractivity contribution in [3.05, 3.63) is 40.6 Å². The Morgan fingerprint density at radius 1 is 1.52 bits per heavy atom. The van der Waals surface area contributed by atoms with E-state index in [4.69, 9.17) is 0 Å². The molecule has 3 rings (SSSR count). The van der Waals surface area contributed by atoms with Gasteiger partial charge in [-0.1, -0.05) is 6.07 Å². The van der Waals surface area contributed by atoms with Gasteiger partial charge in [0, 0.05) is 30.4 Å². The molecule has 2 heterocycles. The minimum atomic E-state index is -0.255. The molecule has 6 heteroatoms. The number of hydrogen-bond acceptors (Lipinski definition) is 4. The van der Waals surface area contributed by atoms with Crippen LogP contribution in [0.15, 0.2) is 29.9 Å². The Kier molecular flexibility index (Phi) is 4.07. The van der Waals surface area contributed by atoms with Crippen LogP contribution >= 0.6 is 11.3 Å². The van der Waals surface area contributed by atoms with Gasteiger partial charge in [-0.3, -0.25) is 10.1 Å². The SMILES string of the molecule is CC(NC(c1cccs1)c1nccn1C)C(=O)NC1CC1. The predicted molar refractivity (Wildman–Crippen MR) is 83.1 cm³/mol. The van der Waals surface area contributed by atoms with E-state index < -0.39 is 0 Å². The Labute approximate surface area is 128 Å². The van der Waals surface area contributed by atoms with Crippen molar-refractivity contribution in [2.75, 3.05) is 0 Å².